The number of hydrogen-bond acceptors (Lipinski definition) is 4. The molecule has 0 aliphatic carbocycles. The van der Waals surface area contributed by atoms with E-state index in [-0.39, 0.29) is 22.9 Å². The molecule has 6 nitrogen and oxygen atoms in total. The molecule has 0 atom stereocenters. The summed E-state index contributed by atoms with van der Waals surface area (Å²) in [6.45, 7) is -0.311. The summed E-state index contributed by atoms with van der Waals surface area (Å²) in [4.78, 5) is 10.5. The Kier molecular flexibility index (Phi) is 5.22. The second kappa shape index (κ2) is 6.97. The minimum absolute atomic E-state index is 0.0776. The van der Waals surface area contributed by atoms with E-state index in [0.717, 1.165) is 6.07 Å². The third-order valence-electron chi connectivity index (χ3n) is 2.69. The average Bonchev–Trinajstić information content (AvgIpc) is 2.48. The third-order valence-corrected chi connectivity index (χ3v) is 4.57. The zero-order valence-corrected chi connectivity index (χ0v) is 14.0. The molecule has 0 saturated carbocycles. The van der Waals surface area contributed by atoms with Crippen molar-refractivity contribution in [2.24, 2.45) is 5.73 Å². The van der Waals surface area contributed by atoms with Gasteiger partial charge in [0.1, 0.15) is 11.6 Å². The lowest BCUT2D eigenvalue weighted by Crippen LogP contribution is -2.20. The van der Waals surface area contributed by atoms with E-state index in [1.54, 1.807) is 0 Å². The summed E-state index contributed by atoms with van der Waals surface area (Å²) < 4.78 is 45.8. The molecule has 0 bridgehead atoms. The normalized spacial score (nSPS) is 11.0. The number of benzene rings is 2. The number of nitrogens with two attached hydrogens (primary N) is 1. The lowest BCUT2D eigenvalue weighted by atomic mass is 10.3. The number of amides is 1. The second-order valence-electron chi connectivity index (χ2n) is 4.46. The first kappa shape index (κ1) is 17.2. The van der Waals surface area contributed by atoms with Crippen molar-refractivity contribution in [1.29, 1.82) is 0 Å². The standard InChI is InChI=1S/C14H12BrFN2O4S/c15-9-1-6-13(12(16)7-9)18-23(20,21)11-4-2-10(3-5-11)22-8-14(17)19/h1-7,18H,8H2,(H2,17,19). The highest BCUT2D eigenvalue weighted by Crippen LogP contribution is 2.23. The van der Waals surface area contributed by atoms with E-state index >= 15 is 0 Å². The second-order valence-corrected chi connectivity index (χ2v) is 7.05. The van der Waals surface area contributed by atoms with Crippen LogP contribution in [0.4, 0.5) is 10.1 Å². The maximum absolute atomic E-state index is 13.7. The highest BCUT2D eigenvalue weighted by atomic mass is 79.9. The number of carbonyl (C=O) groups excluding carboxylic acids is 1. The number of carbonyl (C=O) groups is 1. The molecule has 9 heteroatoms. The van der Waals surface area contributed by atoms with Gasteiger partial charge >= 0.3 is 0 Å². The van der Waals surface area contributed by atoms with Crippen molar-refractivity contribution in [3.63, 3.8) is 0 Å². The van der Waals surface area contributed by atoms with Crippen LogP contribution < -0.4 is 15.2 Å². The van der Waals surface area contributed by atoms with Gasteiger partial charge in [-0.2, -0.15) is 0 Å². The van der Waals surface area contributed by atoms with Gasteiger partial charge in [0.05, 0.1) is 10.6 Å². The number of primary amides is 1. The molecule has 2 aromatic rings. The van der Waals surface area contributed by atoms with Crippen LogP contribution >= 0.6 is 15.9 Å². The van der Waals surface area contributed by atoms with Gasteiger partial charge in [0.25, 0.3) is 15.9 Å². The van der Waals surface area contributed by atoms with E-state index in [1.807, 2.05) is 0 Å². The third kappa shape index (κ3) is 4.67. The summed E-state index contributed by atoms with van der Waals surface area (Å²) in [5.74, 6) is -1.06. The number of sulfonamides is 1. The molecule has 3 N–H and O–H groups in total. The molecule has 0 unspecified atom stereocenters. The number of ether oxygens (including phenoxy) is 1. The molecule has 0 spiro atoms. The molecule has 2 aromatic carbocycles. The molecule has 2 rings (SSSR count). The summed E-state index contributed by atoms with van der Waals surface area (Å²) >= 11 is 3.09. The highest BCUT2D eigenvalue weighted by molar-refractivity contribution is 9.10. The SMILES string of the molecule is NC(=O)COc1ccc(S(=O)(=O)Nc2ccc(Br)cc2F)cc1. The largest absolute Gasteiger partial charge is 0.484 e. The van der Waals surface area contributed by atoms with Crippen LogP contribution in [0.1, 0.15) is 0 Å². The van der Waals surface area contributed by atoms with E-state index in [4.69, 9.17) is 10.5 Å². The van der Waals surface area contributed by atoms with Crippen LogP contribution in [0.3, 0.4) is 0 Å². The summed E-state index contributed by atoms with van der Waals surface area (Å²) in [7, 11) is -3.95. The summed E-state index contributed by atoms with van der Waals surface area (Å²) in [5, 5.41) is 0. The predicted molar refractivity (Wildman–Crippen MR) is 86.0 cm³/mol. The van der Waals surface area contributed by atoms with Crippen molar-refractivity contribution in [3.8, 4) is 5.75 Å². The van der Waals surface area contributed by atoms with Gasteiger partial charge in [-0.1, -0.05) is 15.9 Å². The Morgan fingerprint density at radius 3 is 2.43 bits per heavy atom. The fourth-order valence-corrected chi connectivity index (χ4v) is 3.05. The maximum atomic E-state index is 13.7. The first-order valence-corrected chi connectivity index (χ1v) is 8.54. The van der Waals surface area contributed by atoms with Gasteiger partial charge in [0.2, 0.25) is 0 Å². The average molecular weight is 403 g/mol. The van der Waals surface area contributed by atoms with Crippen molar-refractivity contribution in [2.45, 2.75) is 4.90 Å². The van der Waals surface area contributed by atoms with Crippen LogP contribution in [-0.4, -0.2) is 20.9 Å². The van der Waals surface area contributed by atoms with Gasteiger partial charge in [-0.05, 0) is 42.5 Å². The van der Waals surface area contributed by atoms with E-state index in [2.05, 4.69) is 20.7 Å². The molecule has 0 heterocycles. The first-order chi connectivity index (χ1) is 10.8. The van der Waals surface area contributed by atoms with Gasteiger partial charge in [-0.3, -0.25) is 9.52 Å². The fraction of sp³-hybridized carbons (Fsp3) is 0.0714. The van der Waals surface area contributed by atoms with Crippen LogP contribution in [0.2, 0.25) is 0 Å². The molecule has 1 amide bonds. The maximum Gasteiger partial charge on any atom is 0.261 e. The molecule has 0 aliphatic rings. The van der Waals surface area contributed by atoms with Crippen LogP contribution in [0.15, 0.2) is 51.8 Å². The van der Waals surface area contributed by atoms with Gasteiger partial charge in [-0.15, -0.1) is 0 Å². The summed E-state index contributed by atoms with van der Waals surface area (Å²) in [5.41, 5.74) is 4.78. The molecule has 0 fully saturated rings. The van der Waals surface area contributed by atoms with Crippen molar-refractivity contribution in [1.82, 2.24) is 0 Å². The van der Waals surface area contributed by atoms with Crippen LogP contribution in [-0.2, 0) is 14.8 Å². The number of hydrogen-bond donors (Lipinski definition) is 2. The predicted octanol–water partition coefficient (Wildman–Crippen LogP) is 2.25. The van der Waals surface area contributed by atoms with E-state index in [1.165, 1.54) is 36.4 Å². The van der Waals surface area contributed by atoms with E-state index in [0.29, 0.717) is 4.47 Å². The zero-order valence-electron chi connectivity index (χ0n) is 11.6. The molecule has 0 aromatic heterocycles. The molecule has 0 saturated heterocycles. The van der Waals surface area contributed by atoms with Crippen LogP contribution in [0.5, 0.6) is 5.75 Å². The van der Waals surface area contributed by atoms with Gasteiger partial charge in [0.15, 0.2) is 6.61 Å². The number of halogens is 2. The Morgan fingerprint density at radius 2 is 1.87 bits per heavy atom. The fourth-order valence-electron chi connectivity index (χ4n) is 1.65. The molecular weight excluding hydrogens is 391 g/mol. The Hall–Kier alpha value is -2.13. The van der Waals surface area contributed by atoms with Crippen LogP contribution in [0, 0.1) is 5.82 Å². The Morgan fingerprint density at radius 1 is 1.22 bits per heavy atom. The van der Waals surface area contributed by atoms with Gasteiger partial charge < -0.3 is 10.5 Å². The molecule has 23 heavy (non-hydrogen) atoms. The first-order valence-electron chi connectivity index (χ1n) is 6.27. The molecule has 0 aliphatic heterocycles. The lowest BCUT2D eigenvalue weighted by molar-refractivity contribution is -0.119. The summed E-state index contributed by atoms with van der Waals surface area (Å²) in [6.07, 6.45) is 0. The Balaban J connectivity index is 2.17. The molecule has 0 radical (unpaired) electrons. The van der Waals surface area contributed by atoms with E-state index in [9.17, 15) is 17.6 Å². The smallest absolute Gasteiger partial charge is 0.261 e. The lowest BCUT2D eigenvalue weighted by Gasteiger charge is -2.10. The van der Waals surface area contributed by atoms with Gasteiger partial charge in [-0.25, -0.2) is 12.8 Å². The Labute approximate surface area is 140 Å². The minimum Gasteiger partial charge on any atom is -0.484 e. The van der Waals surface area contributed by atoms with Gasteiger partial charge in [0, 0.05) is 4.47 Å². The van der Waals surface area contributed by atoms with Crippen molar-refractivity contribution in [3.05, 3.63) is 52.8 Å². The van der Waals surface area contributed by atoms with Crippen LogP contribution in [0.25, 0.3) is 0 Å². The highest BCUT2D eigenvalue weighted by Gasteiger charge is 2.16. The minimum atomic E-state index is -3.95. The van der Waals surface area contributed by atoms with Crippen molar-refractivity contribution in [2.75, 3.05) is 11.3 Å². The number of nitrogens with one attached hydrogen (secondary N) is 1. The molecular formula is C14H12BrFN2O4S. The van der Waals surface area contributed by atoms with Crippen molar-refractivity contribution < 1.29 is 22.3 Å². The van der Waals surface area contributed by atoms with E-state index < -0.39 is 21.7 Å². The number of rotatable bonds is 6. The topological polar surface area (TPSA) is 98.5 Å². The number of anilines is 1. The summed E-state index contributed by atoms with van der Waals surface area (Å²) in [6, 6.07) is 9.26. The quantitative estimate of drug-likeness (QED) is 0.773. The molecule has 122 valence electrons. The zero-order chi connectivity index (χ0) is 17.0. The monoisotopic (exact) mass is 402 g/mol. The Bertz CT molecular complexity index is 825. The van der Waals surface area contributed by atoms with Crippen molar-refractivity contribution >= 4 is 37.5 Å².